The second-order valence-corrected chi connectivity index (χ2v) is 5.28. The first-order chi connectivity index (χ1) is 9.66. The van der Waals surface area contributed by atoms with Crippen LogP contribution < -0.4 is 5.32 Å². The highest BCUT2D eigenvalue weighted by atomic mass is 16.4. The summed E-state index contributed by atoms with van der Waals surface area (Å²) < 4.78 is 0. The lowest BCUT2D eigenvalue weighted by molar-refractivity contribution is -0.139. The van der Waals surface area contributed by atoms with Gasteiger partial charge in [-0.15, -0.1) is 0 Å². The van der Waals surface area contributed by atoms with Gasteiger partial charge in [0.15, 0.2) is 0 Å². The van der Waals surface area contributed by atoms with Crippen LogP contribution in [-0.4, -0.2) is 67.2 Å². The van der Waals surface area contributed by atoms with E-state index in [-0.39, 0.29) is 0 Å². The van der Waals surface area contributed by atoms with Crippen molar-refractivity contribution in [3.8, 4) is 0 Å². The topological polar surface area (TPSA) is 55.8 Å². The molecule has 0 spiro atoms. The molecule has 0 amide bonds. The van der Waals surface area contributed by atoms with Crippen LogP contribution in [0, 0.1) is 0 Å². The molecular weight excluding hydrogens is 254 g/mol. The van der Waals surface area contributed by atoms with E-state index in [1.54, 1.807) is 0 Å². The van der Waals surface area contributed by atoms with E-state index in [0.29, 0.717) is 6.54 Å². The van der Waals surface area contributed by atoms with Crippen LogP contribution in [0.3, 0.4) is 0 Å². The molecule has 2 rings (SSSR count). The minimum absolute atomic E-state index is 0.622. The molecule has 110 valence electrons. The predicted octanol–water partition coefficient (Wildman–Crippen LogP) is 0.649. The Bertz CT molecular complexity index is 416. The Hall–Kier alpha value is -1.43. The molecule has 5 nitrogen and oxygen atoms in total. The van der Waals surface area contributed by atoms with Crippen molar-refractivity contribution in [2.75, 3.05) is 46.3 Å². The summed E-state index contributed by atoms with van der Waals surface area (Å²) in [4.78, 5) is 16.0. The predicted molar refractivity (Wildman–Crippen MR) is 78.8 cm³/mol. The quantitative estimate of drug-likeness (QED) is 0.799. The van der Waals surface area contributed by atoms with Gasteiger partial charge in [0.1, 0.15) is 6.04 Å². The van der Waals surface area contributed by atoms with E-state index in [1.165, 1.54) is 0 Å². The van der Waals surface area contributed by atoms with Gasteiger partial charge in [-0.05, 0) is 12.6 Å². The van der Waals surface area contributed by atoms with Crippen LogP contribution in [0.4, 0.5) is 0 Å². The first-order valence-corrected chi connectivity index (χ1v) is 7.09. The number of aliphatic carboxylic acids is 1. The Morgan fingerprint density at radius 3 is 2.50 bits per heavy atom. The third-order valence-electron chi connectivity index (χ3n) is 3.75. The first kappa shape index (κ1) is 15.0. The smallest absolute Gasteiger partial charge is 0.325 e. The number of hydrogen-bond acceptors (Lipinski definition) is 4. The van der Waals surface area contributed by atoms with Crippen molar-refractivity contribution >= 4 is 5.97 Å². The van der Waals surface area contributed by atoms with Crippen molar-refractivity contribution in [2.24, 2.45) is 0 Å². The molecule has 1 fully saturated rings. The molecule has 1 aromatic carbocycles. The highest BCUT2D eigenvalue weighted by molar-refractivity contribution is 5.75. The SMILES string of the molecule is CN1CCN(CCNC(C(=O)O)c2ccccc2)CC1. The standard InChI is InChI=1S/C15H23N3O2/c1-17-9-11-18(12-10-17)8-7-16-14(15(19)20)13-5-3-2-4-6-13/h2-6,14,16H,7-12H2,1H3,(H,19,20). The van der Waals surface area contributed by atoms with Gasteiger partial charge in [-0.2, -0.15) is 0 Å². The molecule has 0 radical (unpaired) electrons. The number of likely N-dealkylation sites (N-methyl/N-ethyl adjacent to an activating group) is 1. The molecule has 0 aromatic heterocycles. The van der Waals surface area contributed by atoms with Crippen LogP contribution in [0.25, 0.3) is 0 Å². The average molecular weight is 277 g/mol. The van der Waals surface area contributed by atoms with Crippen LogP contribution in [0.5, 0.6) is 0 Å². The largest absolute Gasteiger partial charge is 0.480 e. The van der Waals surface area contributed by atoms with E-state index in [2.05, 4.69) is 22.2 Å². The maximum Gasteiger partial charge on any atom is 0.325 e. The van der Waals surface area contributed by atoms with Gasteiger partial charge in [-0.25, -0.2) is 0 Å². The van der Waals surface area contributed by atoms with Gasteiger partial charge >= 0.3 is 5.97 Å². The second kappa shape index (κ2) is 7.38. The van der Waals surface area contributed by atoms with Crippen molar-refractivity contribution in [2.45, 2.75) is 6.04 Å². The minimum Gasteiger partial charge on any atom is -0.480 e. The Balaban J connectivity index is 1.80. The average Bonchev–Trinajstić information content (AvgIpc) is 2.46. The Labute approximate surface area is 120 Å². The van der Waals surface area contributed by atoms with Crippen molar-refractivity contribution in [3.63, 3.8) is 0 Å². The number of nitrogens with one attached hydrogen (secondary N) is 1. The second-order valence-electron chi connectivity index (χ2n) is 5.28. The fourth-order valence-corrected chi connectivity index (χ4v) is 2.43. The molecule has 20 heavy (non-hydrogen) atoms. The van der Waals surface area contributed by atoms with E-state index in [1.807, 2.05) is 30.3 Å². The number of carboxylic acids is 1. The van der Waals surface area contributed by atoms with Gasteiger partial charge in [-0.1, -0.05) is 30.3 Å². The van der Waals surface area contributed by atoms with Gasteiger partial charge in [0, 0.05) is 39.3 Å². The number of rotatable bonds is 6. The highest BCUT2D eigenvalue weighted by Gasteiger charge is 2.19. The van der Waals surface area contributed by atoms with Crippen LogP contribution in [0.1, 0.15) is 11.6 Å². The molecule has 1 saturated heterocycles. The third-order valence-corrected chi connectivity index (χ3v) is 3.75. The molecule has 1 atom stereocenters. The van der Waals surface area contributed by atoms with Gasteiger partial charge in [-0.3, -0.25) is 15.0 Å². The summed E-state index contributed by atoms with van der Waals surface area (Å²) >= 11 is 0. The van der Waals surface area contributed by atoms with Gasteiger partial charge in [0.2, 0.25) is 0 Å². The van der Waals surface area contributed by atoms with Crippen LogP contribution in [-0.2, 0) is 4.79 Å². The molecule has 1 aromatic rings. The summed E-state index contributed by atoms with van der Waals surface area (Å²) in [5, 5.41) is 12.5. The molecular formula is C15H23N3O2. The summed E-state index contributed by atoms with van der Waals surface area (Å²) in [6.45, 7) is 5.87. The lowest BCUT2D eigenvalue weighted by atomic mass is 10.1. The molecule has 5 heteroatoms. The summed E-state index contributed by atoms with van der Waals surface area (Å²) in [6, 6.07) is 8.71. The van der Waals surface area contributed by atoms with Crippen molar-refractivity contribution < 1.29 is 9.90 Å². The van der Waals surface area contributed by atoms with Gasteiger partial charge in [0.05, 0.1) is 0 Å². The van der Waals surface area contributed by atoms with Crippen molar-refractivity contribution in [1.82, 2.24) is 15.1 Å². The normalized spacial score (nSPS) is 18.9. The van der Waals surface area contributed by atoms with E-state index >= 15 is 0 Å². The van der Waals surface area contributed by atoms with E-state index < -0.39 is 12.0 Å². The molecule has 0 bridgehead atoms. The first-order valence-electron chi connectivity index (χ1n) is 7.09. The molecule has 0 saturated carbocycles. The molecule has 1 heterocycles. The Kier molecular flexibility index (Phi) is 5.52. The van der Waals surface area contributed by atoms with E-state index in [0.717, 1.165) is 38.3 Å². The zero-order valence-electron chi connectivity index (χ0n) is 12.0. The number of hydrogen-bond donors (Lipinski definition) is 2. The minimum atomic E-state index is -0.824. The number of carboxylic acid groups (broad SMARTS) is 1. The summed E-state index contributed by atoms with van der Waals surface area (Å²) in [5.41, 5.74) is 0.804. The molecule has 1 aliphatic heterocycles. The molecule has 0 aliphatic carbocycles. The Morgan fingerprint density at radius 2 is 1.90 bits per heavy atom. The van der Waals surface area contributed by atoms with Crippen molar-refractivity contribution in [1.29, 1.82) is 0 Å². The highest BCUT2D eigenvalue weighted by Crippen LogP contribution is 2.12. The van der Waals surface area contributed by atoms with Gasteiger partial charge in [0.25, 0.3) is 0 Å². The fraction of sp³-hybridized carbons (Fsp3) is 0.533. The maximum atomic E-state index is 11.3. The number of piperazine rings is 1. The van der Waals surface area contributed by atoms with Crippen molar-refractivity contribution in [3.05, 3.63) is 35.9 Å². The molecule has 1 aliphatic rings. The van der Waals surface area contributed by atoms with E-state index in [9.17, 15) is 9.90 Å². The summed E-state index contributed by atoms with van der Waals surface area (Å²) in [5.74, 6) is -0.824. The third kappa shape index (κ3) is 4.30. The number of carbonyl (C=O) groups is 1. The maximum absolute atomic E-state index is 11.3. The van der Waals surface area contributed by atoms with Crippen LogP contribution in [0.2, 0.25) is 0 Å². The zero-order valence-corrected chi connectivity index (χ0v) is 12.0. The van der Waals surface area contributed by atoms with Crippen LogP contribution >= 0.6 is 0 Å². The van der Waals surface area contributed by atoms with Gasteiger partial charge < -0.3 is 10.0 Å². The monoisotopic (exact) mass is 277 g/mol. The van der Waals surface area contributed by atoms with Crippen LogP contribution in [0.15, 0.2) is 30.3 Å². The molecule has 1 unspecified atom stereocenters. The number of nitrogens with zero attached hydrogens (tertiary/aromatic N) is 2. The lowest BCUT2D eigenvalue weighted by Crippen LogP contribution is -2.47. The molecule has 2 N–H and O–H groups in total. The summed E-state index contributed by atoms with van der Waals surface area (Å²) in [6.07, 6.45) is 0. The van der Waals surface area contributed by atoms with E-state index in [4.69, 9.17) is 0 Å². The summed E-state index contributed by atoms with van der Waals surface area (Å²) in [7, 11) is 2.13. The fourth-order valence-electron chi connectivity index (χ4n) is 2.43. The zero-order chi connectivity index (χ0) is 14.4. The lowest BCUT2D eigenvalue weighted by Gasteiger charge is -2.32. The Morgan fingerprint density at radius 1 is 1.25 bits per heavy atom. The number of benzene rings is 1.